The second kappa shape index (κ2) is 9.62. The van der Waals surface area contributed by atoms with Gasteiger partial charge >= 0.3 is 0 Å². The molecule has 1 aromatic heterocycles. The summed E-state index contributed by atoms with van der Waals surface area (Å²) in [5.74, 6) is 0. The van der Waals surface area contributed by atoms with Crippen molar-refractivity contribution in [3.05, 3.63) is 145 Å². The number of nitrogens with zero attached hydrogens (tertiary/aromatic N) is 2. The van der Waals surface area contributed by atoms with Gasteiger partial charge in [0, 0.05) is 16.9 Å². The monoisotopic (exact) mass is 504 g/mol. The molecule has 0 radical (unpaired) electrons. The third-order valence-corrected chi connectivity index (χ3v) is 7.81. The number of hydrogen-bond donors (Lipinski definition) is 0. The highest BCUT2D eigenvalue weighted by Crippen LogP contribution is 2.45. The first-order chi connectivity index (χ1) is 18.8. The molecule has 7 aromatic rings. The SMILES string of the molecule is c1ccc(-c2ccc(N(c3ccccc3)c3ccc4ccccc4c3-c3ccc4ncsc4c3)cc2)cc1. The molecule has 7 rings (SSSR count). The Labute approximate surface area is 226 Å². The van der Waals surface area contributed by atoms with Crippen molar-refractivity contribution in [1.82, 2.24) is 4.98 Å². The zero-order chi connectivity index (χ0) is 25.3. The molecule has 0 saturated heterocycles. The van der Waals surface area contributed by atoms with Gasteiger partial charge in [0.2, 0.25) is 0 Å². The molecular weight excluding hydrogens is 480 g/mol. The lowest BCUT2D eigenvalue weighted by Gasteiger charge is -2.29. The Hall–Kier alpha value is -4.73. The summed E-state index contributed by atoms with van der Waals surface area (Å²) in [6.07, 6.45) is 0. The Morgan fingerprint density at radius 1 is 0.526 bits per heavy atom. The van der Waals surface area contributed by atoms with Gasteiger partial charge in [0.25, 0.3) is 0 Å². The number of rotatable bonds is 5. The maximum Gasteiger partial charge on any atom is 0.0812 e. The molecule has 0 amide bonds. The van der Waals surface area contributed by atoms with E-state index in [4.69, 9.17) is 0 Å². The lowest BCUT2D eigenvalue weighted by Crippen LogP contribution is -2.11. The second-order valence-electron chi connectivity index (χ2n) is 9.30. The molecule has 180 valence electrons. The molecule has 6 aromatic carbocycles. The van der Waals surface area contributed by atoms with E-state index in [-0.39, 0.29) is 0 Å². The van der Waals surface area contributed by atoms with Crippen LogP contribution < -0.4 is 4.90 Å². The summed E-state index contributed by atoms with van der Waals surface area (Å²) in [7, 11) is 0. The smallest absolute Gasteiger partial charge is 0.0812 e. The first-order valence-corrected chi connectivity index (χ1v) is 13.6. The second-order valence-corrected chi connectivity index (χ2v) is 10.2. The summed E-state index contributed by atoms with van der Waals surface area (Å²) in [6.45, 7) is 0. The van der Waals surface area contributed by atoms with E-state index in [9.17, 15) is 0 Å². The number of thiazole rings is 1. The first-order valence-electron chi connectivity index (χ1n) is 12.7. The van der Waals surface area contributed by atoms with Gasteiger partial charge in [0.1, 0.15) is 0 Å². The van der Waals surface area contributed by atoms with Gasteiger partial charge in [-0.3, -0.25) is 0 Å². The number of hydrogen-bond acceptors (Lipinski definition) is 3. The van der Waals surface area contributed by atoms with E-state index in [0.717, 1.165) is 22.6 Å². The largest absolute Gasteiger partial charge is 0.310 e. The number of fused-ring (bicyclic) bond motifs is 2. The van der Waals surface area contributed by atoms with Crippen molar-refractivity contribution in [2.45, 2.75) is 0 Å². The van der Waals surface area contributed by atoms with Crippen molar-refractivity contribution in [3.63, 3.8) is 0 Å². The lowest BCUT2D eigenvalue weighted by molar-refractivity contribution is 1.29. The predicted molar refractivity (Wildman–Crippen MR) is 163 cm³/mol. The minimum Gasteiger partial charge on any atom is -0.310 e. The fraction of sp³-hybridized carbons (Fsp3) is 0. The van der Waals surface area contributed by atoms with Gasteiger partial charge in [-0.15, -0.1) is 11.3 Å². The number of para-hydroxylation sites is 1. The molecule has 1 heterocycles. The van der Waals surface area contributed by atoms with Crippen molar-refractivity contribution in [2.75, 3.05) is 4.90 Å². The summed E-state index contributed by atoms with van der Waals surface area (Å²) in [4.78, 5) is 6.88. The summed E-state index contributed by atoms with van der Waals surface area (Å²) in [5.41, 5.74) is 11.2. The van der Waals surface area contributed by atoms with Crippen molar-refractivity contribution in [3.8, 4) is 22.3 Å². The van der Waals surface area contributed by atoms with Gasteiger partial charge in [0.05, 0.1) is 21.4 Å². The molecule has 0 fully saturated rings. The highest BCUT2D eigenvalue weighted by molar-refractivity contribution is 7.16. The van der Waals surface area contributed by atoms with E-state index in [2.05, 4.69) is 149 Å². The molecule has 3 heteroatoms. The molecule has 38 heavy (non-hydrogen) atoms. The van der Waals surface area contributed by atoms with Crippen molar-refractivity contribution >= 4 is 49.4 Å². The summed E-state index contributed by atoms with van der Waals surface area (Å²) in [6, 6.07) is 49.8. The Kier molecular flexibility index (Phi) is 5.69. The highest BCUT2D eigenvalue weighted by Gasteiger charge is 2.20. The van der Waals surface area contributed by atoms with Crippen LogP contribution in [0.2, 0.25) is 0 Å². The van der Waals surface area contributed by atoms with Crippen LogP contribution >= 0.6 is 11.3 Å². The minimum atomic E-state index is 1.04. The molecule has 2 nitrogen and oxygen atoms in total. The van der Waals surface area contributed by atoms with Crippen LogP contribution in [0.4, 0.5) is 17.1 Å². The molecule has 0 aliphatic heterocycles. The fourth-order valence-electron chi connectivity index (χ4n) is 5.20. The average Bonchev–Trinajstić information content (AvgIpc) is 3.47. The normalized spacial score (nSPS) is 11.2. The van der Waals surface area contributed by atoms with Crippen LogP contribution in [-0.4, -0.2) is 4.98 Å². The van der Waals surface area contributed by atoms with Crippen LogP contribution in [-0.2, 0) is 0 Å². The Morgan fingerprint density at radius 3 is 2.00 bits per heavy atom. The molecule has 0 saturated carbocycles. The standard InChI is InChI=1S/C35H24N2S/c1-3-9-25(10-4-1)26-15-19-30(20-16-26)37(29-12-5-2-6-13-29)33-22-18-27-11-7-8-14-31(27)35(33)28-17-21-32-34(23-28)38-24-36-32/h1-24H. The van der Waals surface area contributed by atoms with E-state index in [1.54, 1.807) is 11.3 Å². The zero-order valence-corrected chi connectivity index (χ0v) is 21.5. The van der Waals surface area contributed by atoms with Crippen molar-refractivity contribution < 1.29 is 0 Å². The van der Waals surface area contributed by atoms with Gasteiger partial charge in [-0.25, -0.2) is 4.98 Å². The molecular formula is C35H24N2S. The van der Waals surface area contributed by atoms with Gasteiger partial charge in [0.15, 0.2) is 0 Å². The van der Waals surface area contributed by atoms with Gasteiger partial charge < -0.3 is 4.90 Å². The molecule has 0 unspecified atom stereocenters. The van der Waals surface area contributed by atoms with E-state index >= 15 is 0 Å². The minimum absolute atomic E-state index is 1.04. The van der Waals surface area contributed by atoms with Crippen LogP contribution in [0.3, 0.4) is 0 Å². The Morgan fingerprint density at radius 2 is 1.18 bits per heavy atom. The van der Waals surface area contributed by atoms with Gasteiger partial charge in [-0.05, 0) is 69.9 Å². The molecule has 0 spiro atoms. The van der Waals surface area contributed by atoms with E-state index in [1.807, 2.05) is 5.51 Å². The summed E-state index contributed by atoms with van der Waals surface area (Å²) >= 11 is 1.68. The molecule has 0 aliphatic rings. The third-order valence-electron chi connectivity index (χ3n) is 7.01. The molecule has 0 aliphatic carbocycles. The van der Waals surface area contributed by atoms with E-state index < -0.39 is 0 Å². The third kappa shape index (κ3) is 4.03. The van der Waals surface area contributed by atoms with E-state index in [1.165, 1.54) is 37.7 Å². The van der Waals surface area contributed by atoms with Crippen LogP contribution in [0, 0.1) is 0 Å². The van der Waals surface area contributed by atoms with E-state index in [0.29, 0.717) is 0 Å². The highest BCUT2D eigenvalue weighted by atomic mass is 32.1. The lowest BCUT2D eigenvalue weighted by atomic mass is 9.95. The summed E-state index contributed by atoms with van der Waals surface area (Å²) in [5, 5.41) is 2.46. The number of benzene rings is 6. The number of aromatic nitrogens is 1. The predicted octanol–water partition coefficient (Wildman–Crippen LogP) is 10.3. The number of anilines is 3. The Bertz CT molecular complexity index is 1860. The Balaban J connectivity index is 1.46. The maximum absolute atomic E-state index is 4.51. The fourth-order valence-corrected chi connectivity index (χ4v) is 5.91. The van der Waals surface area contributed by atoms with Gasteiger partial charge in [-0.2, -0.15) is 0 Å². The van der Waals surface area contributed by atoms with Crippen molar-refractivity contribution in [2.24, 2.45) is 0 Å². The van der Waals surface area contributed by atoms with Crippen molar-refractivity contribution in [1.29, 1.82) is 0 Å². The van der Waals surface area contributed by atoms with Crippen LogP contribution in [0.15, 0.2) is 145 Å². The van der Waals surface area contributed by atoms with Gasteiger partial charge in [-0.1, -0.05) is 97.1 Å². The first kappa shape index (κ1) is 22.5. The van der Waals surface area contributed by atoms with Crippen LogP contribution in [0.5, 0.6) is 0 Å². The molecule has 0 atom stereocenters. The maximum atomic E-state index is 4.51. The molecule has 0 N–H and O–H groups in total. The topological polar surface area (TPSA) is 16.1 Å². The molecule has 0 bridgehead atoms. The van der Waals surface area contributed by atoms with Crippen LogP contribution in [0.1, 0.15) is 0 Å². The summed E-state index contributed by atoms with van der Waals surface area (Å²) < 4.78 is 1.19. The average molecular weight is 505 g/mol. The van der Waals surface area contributed by atoms with Crippen LogP contribution in [0.25, 0.3) is 43.2 Å². The zero-order valence-electron chi connectivity index (χ0n) is 20.7. The quantitative estimate of drug-likeness (QED) is 0.232.